The van der Waals surface area contributed by atoms with Crippen LogP contribution in [0.15, 0.2) is 47.7 Å². The Morgan fingerprint density at radius 2 is 1.86 bits per heavy atom. The van der Waals surface area contributed by atoms with Gasteiger partial charge in [-0.3, -0.25) is 0 Å². The Hall–Kier alpha value is -2.36. The summed E-state index contributed by atoms with van der Waals surface area (Å²) < 4.78 is 1.90. The Balaban J connectivity index is 2.03. The summed E-state index contributed by atoms with van der Waals surface area (Å²) in [5.41, 5.74) is 7.21. The van der Waals surface area contributed by atoms with E-state index in [0.717, 1.165) is 37.2 Å². The molecule has 1 aromatic rings. The van der Waals surface area contributed by atoms with Crippen LogP contribution in [0.25, 0.3) is 11.1 Å². The fraction of sp³-hybridized carbons (Fsp3) is 0.333. The number of hydrogen-bond donors (Lipinski definition) is 0. The predicted octanol–water partition coefficient (Wildman–Crippen LogP) is 3.09. The molecular formula is C18H20N4. The van der Waals surface area contributed by atoms with E-state index in [0.29, 0.717) is 0 Å². The molecule has 4 rings (SSSR count). The van der Waals surface area contributed by atoms with Gasteiger partial charge in [-0.25, -0.2) is 4.68 Å². The van der Waals surface area contributed by atoms with Gasteiger partial charge in [-0.1, -0.05) is 35.6 Å². The van der Waals surface area contributed by atoms with Gasteiger partial charge in [0.1, 0.15) is 5.69 Å². The Morgan fingerprint density at radius 3 is 2.77 bits per heavy atom. The Bertz CT molecular complexity index is 771. The van der Waals surface area contributed by atoms with Crippen LogP contribution in [0.2, 0.25) is 0 Å². The second-order valence-corrected chi connectivity index (χ2v) is 6.03. The number of rotatable bonds is 0. The summed E-state index contributed by atoms with van der Waals surface area (Å²) in [6.07, 6.45) is 16.7. The molecule has 0 amide bonds. The van der Waals surface area contributed by atoms with E-state index in [9.17, 15) is 0 Å². The van der Waals surface area contributed by atoms with Gasteiger partial charge in [0.2, 0.25) is 0 Å². The predicted molar refractivity (Wildman–Crippen MR) is 88.7 cm³/mol. The smallest absolute Gasteiger partial charge is 0.121 e. The lowest BCUT2D eigenvalue weighted by molar-refractivity contribution is 0.472. The summed E-state index contributed by atoms with van der Waals surface area (Å²) in [5, 5.41) is 8.79. The molecule has 0 N–H and O–H groups in total. The average molecular weight is 292 g/mol. The second kappa shape index (κ2) is 5.13. The van der Waals surface area contributed by atoms with Crippen LogP contribution in [0.4, 0.5) is 0 Å². The van der Waals surface area contributed by atoms with Crippen LogP contribution < -0.4 is 0 Å². The summed E-state index contributed by atoms with van der Waals surface area (Å²) in [5.74, 6) is 0. The van der Waals surface area contributed by atoms with Gasteiger partial charge < -0.3 is 4.90 Å². The van der Waals surface area contributed by atoms with E-state index in [1.54, 1.807) is 0 Å². The van der Waals surface area contributed by atoms with Gasteiger partial charge in [0.15, 0.2) is 0 Å². The van der Waals surface area contributed by atoms with E-state index in [1.807, 2.05) is 11.7 Å². The molecule has 0 atom stereocenters. The summed E-state index contributed by atoms with van der Waals surface area (Å²) >= 11 is 0. The highest BCUT2D eigenvalue weighted by molar-refractivity contribution is 5.89. The van der Waals surface area contributed by atoms with E-state index in [4.69, 9.17) is 0 Å². The normalized spacial score (nSPS) is 20.4. The third-order valence-corrected chi connectivity index (χ3v) is 4.52. The largest absolute Gasteiger partial charge is 0.370 e. The van der Waals surface area contributed by atoms with E-state index < -0.39 is 0 Å². The first-order chi connectivity index (χ1) is 10.8. The molecule has 0 saturated carbocycles. The third-order valence-electron chi connectivity index (χ3n) is 4.52. The van der Waals surface area contributed by atoms with Gasteiger partial charge in [0.25, 0.3) is 0 Å². The van der Waals surface area contributed by atoms with Crippen LogP contribution in [0.5, 0.6) is 0 Å². The number of aryl methyl sites for hydroxylation is 1. The molecule has 1 aromatic heterocycles. The van der Waals surface area contributed by atoms with Gasteiger partial charge >= 0.3 is 0 Å². The van der Waals surface area contributed by atoms with Crippen molar-refractivity contribution in [2.24, 2.45) is 7.05 Å². The molecule has 0 unspecified atom stereocenters. The molecule has 1 aliphatic heterocycles. The van der Waals surface area contributed by atoms with Gasteiger partial charge in [0.05, 0.1) is 5.69 Å². The van der Waals surface area contributed by atoms with Gasteiger partial charge in [0, 0.05) is 37.5 Å². The Labute approximate surface area is 130 Å². The quantitative estimate of drug-likeness (QED) is 0.737. The molecule has 0 spiro atoms. The first kappa shape index (κ1) is 13.3. The Kier molecular flexibility index (Phi) is 3.10. The number of fused-ring (bicyclic) bond motifs is 4. The lowest BCUT2D eigenvalue weighted by Gasteiger charge is -2.29. The maximum Gasteiger partial charge on any atom is 0.121 e. The highest BCUT2D eigenvalue weighted by atomic mass is 15.4. The monoisotopic (exact) mass is 292 g/mol. The number of allylic oxidation sites excluding steroid dienone is 7. The molecule has 0 saturated heterocycles. The molecular weight excluding hydrogens is 272 g/mol. The van der Waals surface area contributed by atoms with Crippen molar-refractivity contribution < 1.29 is 0 Å². The maximum absolute atomic E-state index is 4.48. The molecule has 0 radical (unpaired) electrons. The van der Waals surface area contributed by atoms with Crippen LogP contribution in [0, 0.1) is 0 Å². The summed E-state index contributed by atoms with van der Waals surface area (Å²) in [4.78, 5) is 2.34. The molecule has 112 valence electrons. The van der Waals surface area contributed by atoms with Crippen molar-refractivity contribution in [2.75, 3.05) is 13.6 Å². The van der Waals surface area contributed by atoms with Crippen LogP contribution in [0.1, 0.15) is 30.7 Å². The first-order valence-electron chi connectivity index (χ1n) is 7.84. The van der Waals surface area contributed by atoms with Crippen molar-refractivity contribution in [1.29, 1.82) is 0 Å². The van der Waals surface area contributed by atoms with Gasteiger partial charge in [-0.2, -0.15) is 0 Å². The van der Waals surface area contributed by atoms with Crippen molar-refractivity contribution in [3.63, 3.8) is 0 Å². The maximum atomic E-state index is 4.48. The zero-order valence-corrected chi connectivity index (χ0v) is 13.1. The van der Waals surface area contributed by atoms with Crippen LogP contribution in [0.3, 0.4) is 0 Å². The minimum absolute atomic E-state index is 0.916. The summed E-state index contributed by atoms with van der Waals surface area (Å²) in [6, 6.07) is 0. The number of hydrogen-bond acceptors (Lipinski definition) is 3. The van der Waals surface area contributed by atoms with E-state index in [-0.39, 0.29) is 0 Å². The third kappa shape index (κ3) is 1.98. The molecule has 4 heteroatoms. The lowest BCUT2D eigenvalue weighted by Crippen LogP contribution is -2.24. The van der Waals surface area contributed by atoms with Gasteiger partial charge in [-0.05, 0) is 30.9 Å². The van der Waals surface area contributed by atoms with Crippen LogP contribution >= 0.6 is 0 Å². The van der Waals surface area contributed by atoms with E-state index in [2.05, 4.69) is 58.7 Å². The SMILES string of the molecule is CN1CC2=CCCC=C2c2nnn(C)c2C2=C1C=CCC=C2. The molecule has 3 aliphatic rings. The number of aromatic nitrogens is 3. The van der Waals surface area contributed by atoms with E-state index >= 15 is 0 Å². The van der Waals surface area contributed by atoms with Crippen molar-refractivity contribution in [3.05, 3.63) is 59.1 Å². The fourth-order valence-electron chi connectivity index (χ4n) is 3.46. The molecule has 0 fully saturated rings. The van der Waals surface area contributed by atoms with Crippen molar-refractivity contribution in [2.45, 2.75) is 19.3 Å². The minimum Gasteiger partial charge on any atom is -0.370 e. The lowest BCUT2D eigenvalue weighted by atomic mass is 9.90. The molecule has 0 aromatic carbocycles. The first-order valence-corrected chi connectivity index (χ1v) is 7.84. The average Bonchev–Trinajstić information content (AvgIpc) is 2.73. The molecule has 0 bridgehead atoms. The number of nitrogens with zero attached hydrogens (tertiary/aromatic N) is 4. The standard InChI is InChI=1S/C18H20N4/c1-21-12-13-8-6-7-9-14(13)17-18(22(2)20-19-17)15-10-4-3-5-11-16(15)21/h4-5,8-11H,3,6-7,12H2,1-2H3. The highest BCUT2D eigenvalue weighted by Crippen LogP contribution is 2.37. The fourth-order valence-corrected chi connectivity index (χ4v) is 3.46. The van der Waals surface area contributed by atoms with E-state index in [1.165, 1.54) is 22.4 Å². The molecule has 2 aliphatic carbocycles. The van der Waals surface area contributed by atoms with Crippen LogP contribution in [-0.2, 0) is 7.05 Å². The van der Waals surface area contributed by atoms with Crippen LogP contribution in [-0.4, -0.2) is 33.5 Å². The van der Waals surface area contributed by atoms with Crippen molar-refractivity contribution in [1.82, 2.24) is 19.9 Å². The summed E-state index contributed by atoms with van der Waals surface area (Å²) in [7, 11) is 4.15. The van der Waals surface area contributed by atoms with Crippen molar-refractivity contribution >= 4 is 11.1 Å². The Morgan fingerprint density at radius 1 is 1.05 bits per heavy atom. The van der Waals surface area contributed by atoms with Gasteiger partial charge in [-0.15, -0.1) is 5.10 Å². The topological polar surface area (TPSA) is 34.0 Å². The molecule has 22 heavy (non-hydrogen) atoms. The summed E-state index contributed by atoms with van der Waals surface area (Å²) in [6.45, 7) is 0.916. The molecule has 4 nitrogen and oxygen atoms in total. The zero-order chi connectivity index (χ0) is 15.1. The molecule has 2 heterocycles. The zero-order valence-electron chi connectivity index (χ0n) is 13.1. The highest BCUT2D eigenvalue weighted by Gasteiger charge is 2.27. The minimum atomic E-state index is 0.916. The van der Waals surface area contributed by atoms with Crippen molar-refractivity contribution in [3.8, 4) is 0 Å². The second-order valence-electron chi connectivity index (χ2n) is 6.03. The number of likely N-dealkylation sites (N-methyl/N-ethyl adjacent to an activating group) is 1.